The van der Waals surface area contributed by atoms with Crippen LogP contribution in [-0.4, -0.2) is 37.1 Å². The van der Waals surface area contributed by atoms with E-state index in [2.05, 4.69) is 33.1 Å². The lowest BCUT2D eigenvalue weighted by Gasteiger charge is -2.23. The first kappa shape index (κ1) is 17.4. The van der Waals surface area contributed by atoms with Gasteiger partial charge in [-0.05, 0) is 67.6 Å². The second kappa shape index (κ2) is 8.62. The first-order valence-electron chi connectivity index (χ1n) is 8.98. The number of carbonyl (C=O) groups is 1. The Hall–Kier alpha value is -2.40. The molecule has 3 rings (SSSR count). The van der Waals surface area contributed by atoms with Crippen molar-refractivity contribution < 1.29 is 4.79 Å². The minimum Gasteiger partial charge on any atom is -0.368 e. The SMILES string of the molecule is Cc1ccnc(NCCNC(=O)c2ccc([C@@H]3CCCNC3)cc2)c1. The molecule has 0 bridgehead atoms. The van der Waals surface area contributed by atoms with Gasteiger partial charge in [0.05, 0.1) is 0 Å². The number of carbonyl (C=O) groups excluding carboxylic acids is 1. The van der Waals surface area contributed by atoms with Crippen LogP contribution in [0.1, 0.15) is 40.2 Å². The molecule has 3 N–H and O–H groups in total. The van der Waals surface area contributed by atoms with Crippen molar-refractivity contribution in [2.45, 2.75) is 25.7 Å². The van der Waals surface area contributed by atoms with Gasteiger partial charge >= 0.3 is 0 Å². The van der Waals surface area contributed by atoms with Crippen molar-refractivity contribution in [1.82, 2.24) is 15.6 Å². The van der Waals surface area contributed by atoms with Gasteiger partial charge in [-0.3, -0.25) is 4.79 Å². The number of amides is 1. The molecule has 1 aliphatic heterocycles. The third-order valence-corrected chi connectivity index (χ3v) is 4.57. The third kappa shape index (κ3) is 5.03. The van der Waals surface area contributed by atoms with Gasteiger partial charge in [0.15, 0.2) is 0 Å². The lowest BCUT2D eigenvalue weighted by molar-refractivity contribution is 0.0955. The Labute approximate surface area is 149 Å². The molecule has 5 nitrogen and oxygen atoms in total. The molecule has 0 spiro atoms. The van der Waals surface area contributed by atoms with Gasteiger partial charge in [0.1, 0.15) is 5.82 Å². The quantitative estimate of drug-likeness (QED) is 0.709. The summed E-state index contributed by atoms with van der Waals surface area (Å²) in [5, 5.41) is 9.58. The summed E-state index contributed by atoms with van der Waals surface area (Å²) in [6, 6.07) is 12.0. The van der Waals surface area contributed by atoms with E-state index >= 15 is 0 Å². The summed E-state index contributed by atoms with van der Waals surface area (Å²) in [6.45, 7) is 5.38. The van der Waals surface area contributed by atoms with E-state index in [1.807, 2.05) is 31.2 Å². The first-order chi connectivity index (χ1) is 12.2. The maximum absolute atomic E-state index is 12.2. The van der Waals surface area contributed by atoms with Crippen LogP contribution in [0.15, 0.2) is 42.6 Å². The summed E-state index contributed by atoms with van der Waals surface area (Å²) < 4.78 is 0. The minimum atomic E-state index is -0.0349. The summed E-state index contributed by atoms with van der Waals surface area (Å²) in [4.78, 5) is 16.5. The van der Waals surface area contributed by atoms with Crippen LogP contribution in [0, 0.1) is 6.92 Å². The monoisotopic (exact) mass is 338 g/mol. The highest BCUT2D eigenvalue weighted by Crippen LogP contribution is 2.23. The van der Waals surface area contributed by atoms with Crippen molar-refractivity contribution >= 4 is 11.7 Å². The van der Waals surface area contributed by atoms with Crippen molar-refractivity contribution in [3.63, 3.8) is 0 Å². The van der Waals surface area contributed by atoms with Crippen LogP contribution in [0.2, 0.25) is 0 Å². The number of pyridine rings is 1. The van der Waals surface area contributed by atoms with Gasteiger partial charge < -0.3 is 16.0 Å². The van der Waals surface area contributed by atoms with E-state index in [4.69, 9.17) is 0 Å². The zero-order valence-corrected chi connectivity index (χ0v) is 14.7. The molecule has 5 heteroatoms. The Bertz CT molecular complexity index is 693. The van der Waals surface area contributed by atoms with Crippen LogP contribution in [0.25, 0.3) is 0 Å². The molecular weight excluding hydrogens is 312 g/mol. The van der Waals surface area contributed by atoms with Crippen molar-refractivity contribution in [2.75, 3.05) is 31.5 Å². The van der Waals surface area contributed by atoms with Crippen LogP contribution >= 0.6 is 0 Å². The zero-order chi connectivity index (χ0) is 17.5. The van der Waals surface area contributed by atoms with Crippen molar-refractivity contribution in [1.29, 1.82) is 0 Å². The number of aromatic nitrogens is 1. The Morgan fingerprint density at radius 1 is 1.24 bits per heavy atom. The molecule has 1 amide bonds. The van der Waals surface area contributed by atoms with Crippen molar-refractivity contribution in [3.05, 3.63) is 59.3 Å². The summed E-state index contributed by atoms with van der Waals surface area (Å²) >= 11 is 0. The fourth-order valence-electron chi connectivity index (χ4n) is 3.14. The molecule has 25 heavy (non-hydrogen) atoms. The van der Waals surface area contributed by atoms with E-state index in [1.54, 1.807) is 6.20 Å². The van der Waals surface area contributed by atoms with Gasteiger partial charge in [-0.1, -0.05) is 12.1 Å². The maximum Gasteiger partial charge on any atom is 0.251 e. The maximum atomic E-state index is 12.2. The van der Waals surface area contributed by atoms with Crippen LogP contribution in [0.5, 0.6) is 0 Å². The predicted molar refractivity (Wildman–Crippen MR) is 101 cm³/mol. The second-order valence-corrected chi connectivity index (χ2v) is 6.57. The summed E-state index contributed by atoms with van der Waals surface area (Å²) in [5.74, 6) is 1.36. The molecule has 132 valence electrons. The number of piperidine rings is 1. The molecule has 0 aliphatic carbocycles. The Kier molecular flexibility index (Phi) is 6.01. The Morgan fingerprint density at radius 2 is 2.08 bits per heavy atom. The third-order valence-electron chi connectivity index (χ3n) is 4.57. The van der Waals surface area contributed by atoms with E-state index in [0.717, 1.165) is 24.5 Å². The molecule has 0 radical (unpaired) electrons. The van der Waals surface area contributed by atoms with E-state index in [1.165, 1.54) is 18.4 Å². The minimum absolute atomic E-state index is 0.0349. The lowest BCUT2D eigenvalue weighted by atomic mass is 9.91. The number of anilines is 1. The molecule has 1 saturated heterocycles. The summed E-state index contributed by atoms with van der Waals surface area (Å²) in [7, 11) is 0. The highest BCUT2D eigenvalue weighted by Gasteiger charge is 2.15. The van der Waals surface area contributed by atoms with Crippen molar-refractivity contribution in [2.24, 2.45) is 0 Å². The van der Waals surface area contributed by atoms with Gasteiger partial charge in [-0.25, -0.2) is 4.98 Å². The van der Waals surface area contributed by atoms with Gasteiger partial charge in [0, 0.05) is 31.4 Å². The largest absolute Gasteiger partial charge is 0.368 e. The Morgan fingerprint density at radius 3 is 2.80 bits per heavy atom. The number of benzene rings is 1. The van der Waals surface area contributed by atoms with Crippen LogP contribution in [0.3, 0.4) is 0 Å². The number of aryl methyl sites for hydroxylation is 1. The van der Waals surface area contributed by atoms with Gasteiger partial charge in [0.2, 0.25) is 0 Å². The van der Waals surface area contributed by atoms with Crippen molar-refractivity contribution in [3.8, 4) is 0 Å². The molecule has 2 heterocycles. The molecule has 1 aromatic heterocycles. The van der Waals surface area contributed by atoms with Crippen LogP contribution < -0.4 is 16.0 Å². The van der Waals surface area contributed by atoms with E-state index in [0.29, 0.717) is 24.6 Å². The molecular formula is C20H26N4O. The fourth-order valence-corrected chi connectivity index (χ4v) is 3.14. The van der Waals surface area contributed by atoms with Crippen LogP contribution in [0.4, 0.5) is 5.82 Å². The van der Waals surface area contributed by atoms with Gasteiger partial charge in [-0.15, -0.1) is 0 Å². The van der Waals surface area contributed by atoms with E-state index in [9.17, 15) is 4.79 Å². The number of nitrogens with one attached hydrogen (secondary N) is 3. The highest BCUT2D eigenvalue weighted by atomic mass is 16.1. The highest BCUT2D eigenvalue weighted by molar-refractivity contribution is 5.94. The van der Waals surface area contributed by atoms with Gasteiger partial charge in [0.25, 0.3) is 5.91 Å². The topological polar surface area (TPSA) is 66.0 Å². The molecule has 1 atom stereocenters. The molecule has 0 unspecified atom stereocenters. The first-order valence-corrected chi connectivity index (χ1v) is 8.98. The Balaban J connectivity index is 1.44. The smallest absolute Gasteiger partial charge is 0.251 e. The molecule has 1 aromatic carbocycles. The molecule has 2 aromatic rings. The fraction of sp³-hybridized carbons (Fsp3) is 0.400. The van der Waals surface area contributed by atoms with Crippen LogP contribution in [-0.2, 0) is 0 Å². The molecule has 1 fully saturated rings. The lowest BCUT2D eigenvalue weighted by Crippen LogP contribution is -2.29. The summed E-state index contributed by atoms with van der Waals surface area (Å²) in [5.41, 5.74) is 3.19. The molecule has 0 saturated carbocycles. The number of hydrogen-bond acceptors (Lipinski definition) is 4. The number of hydrogen-bond donors (Lipinski definition) is 3. The second-order valence-electron chi connectivity index (χ2n) is 6.57. The average molecular weight is 338 g/mol. The summed E-state index contributed by atoms with van der Waals surface area (Å²) in [6.07, 6.45) is 4.21. The normalized spacial score (nSPS) is 17.1. The average Bonchev–Trinajstić information content (AvgIpc) is 2.66. The van der Waals surface area contributed by atoms with E-state index in [-0.39, 0.29) is 5.91 Å². The molecule has 1 aliphatic rings. The predicted octanol–water partition coefficient (Wildman–Crippen LogP) is 2.70. The zero-order valence-electron chi connectivity index (χ0n) is 14.7. The standard InChI is InChI=1S/C20H26N4O/c1-15-8-10-22-19(13-15)23-11-12-24-20(25)17-6-4-16(5-7-17)18-3-2-9-21-14-18/h4-8,10,13,18,21H,2-3,9,11-12,14H2,1H3,(H,22,23)(H,24,25)/t18-/m1/s1. The number of nitrogens with zero attached hydrogens (tertiary/aromatic N) is 1. The number of rotatable bonds is 6. The van der Waals surface area contributed by atoms with Gasteiger partial charge in [-0.2, -0.15) is 0 Å². The van der Waals surface area contributed by atoms with E-state index < -0.39 is 0 Å².